The lowest BCUT2D eigenvalue weighted by molar-refractivity contribution is -0.111. The highest BCUT2D eigenvalue weighted by Crippen LogP contribution is 2.38. The summed E-state index contributed by atoms with van der Waals surface area (Å²) in [6.07, 6.45) is 4.73. The van der Waals surface area contributed by atoms with Crippen LogP contribution in [0.25, 0.3) is 22.2 Å². The average molecular weight is 528 g/mol. The molecule has 4 rings (SSSR count). The third-order valence-corrected chi connectivity index (χ3v) is 6.33. The number of ketones is 1. The van der Waals surface area contributed by atoms with Gasteiger partial charge in [0, 0.05) is 55.1 Å². The number of ether oxygens (including phenoxy) is 1. The Morgan fingerprint density at radius 2 is 1.92 bits per heavy atom. The number of anilines is 4. The lowest BCUT2D eigenvalue weighted by atomic mass is 10.0. The minimum Gasteiger partial charge on any atom is -0.494 e. The van der Waals surface area contributed by atoms with Crippen molar-refractivity contribution in [2.24, 2.45) is 0 Å². The molecule has 10 nitrogen and oxygen atoms in total. The molecular weight excluding hydrogens is 494 g/mol. The number of nitrogens with one attached hydrogen (secondary N) is 3. The number of carbonyl (C=O) groups is 2. The number of rotatable bonds is 11. The summed E-state index contributed by atoms with van der Waals surface area (Å²) in [5, 5.41) is 7.02. The first-order valence-electron chi connectivity index (χ1n) is 12.4. The molecule has 4 aromatic rings. The minimum absolute atomic E-state index is 0.0127. The van der Waals surface area contributed by atoms with Crippen LogP contribution in [0.4, 0.5) is 23.0 Å². The van der Waals surface area contributed by atoms with Crippen LogP contribution in [0.3, 0.4) is 0 Å². The molecule has 2 heterocycles. The molecule has 1 amide bonds. The third kappa shape index (κ3) is 6.07. The van der Waals surface area contributed by atoms with Crippen LogP contribution >= 0.6 is 0 Å². The minimum atomic E-state index is -0.323. The number of nitrogens with zero attached hydrogens (tertiary/aromatic N) is 4. The molecule has 0 unspecified atom stereocenters. The lowest BCUT2D eigenvalue weighted by Crippen LogP contribution is -2.29. The Morgan fingerprint density at radius 3 is 2.62 bits per heavy atom. The fourth-order valence-electron chi connectivity index (χ4n) is 4.25. The Kier molecular flexibility index (Phi) is 8.26. The van der Waals surface area contributed by atoms with Crippen LogP contribution < -0.4 is 20.3 Å². The van der Waals surface area contributed by atoms with Gasteiger partial charge in [0.25, 0.3) is 0 Å². The number of methoxy groups -OCH3 is 1. The van der Waals surface area contributed by atoms with Gasteiger partial charge in [-0.15, -0.1) is 0 Å². The van der Waals surface area contributed by atoms with Crippen LogP contribution in [0.2, 0.25) is 0 Å². The topological polar surface area (TPSA) is 115 Å². The molecule has 2 aromatic carbocycles. The zero-order chi connectivity index (χ0) is 28.1. The summed E-state index contributed by atoms with van der Waals surface area (Å²) in [7, 11) is 7.56. The van der Waals surface area contributed by atoms with Crippen molar-refractivity contribution >= 4 is 45.6 Å². The molecule has 0 bridgehead atoms. The molecule has 0 aliphatic heterocycles. The number of aromatic nitrogens is 3. The summed E-state index contributed by atoms with van der Waals surface area (Å²) in [4.78, 5) is 40.8. The van der Waals surface area contributed by atoms with Crippen molar-refractivity contribution in [1.29, 1.82) is 0 Å². The standard InChI is InChI=1S/C29H33N7O3/c1-7-27(38)32-23-15-24(26(39-6)16-25(23)36(5)14-13-35(3)4)34-29-30-12-11-22(33-29)21-17-31-28-19(18(2)37)9-8-10-20(21)28/h7-12,15-17,31H,1,13-14H2,2-6H3,(H,32,38)(H,30,33,34). The Bertz CT molecular complexity index is 1530. The summed E-state index contributed by atoms with van der Waals surface area (Å²) in [6.45, 7) is 6.69. The van der Waals surface area contributed by atoms with Crippen LogP contribution in [0.15, 0.2) is 61.4 Å². The number of fused-ring (bicyclic) bond motifs is 1. The summed E-state index contributed by atoms with van der Waals surface area (Å²) < 4.78 is 5.69. The van der Waals surface area contributed by atoms with Gasteiger partial charge in [-0.2, -0.15) is 0 Å². The van der Waals surface area contributed by atoms with Gasteiger partial charge in [0.05, 0.1) is 35.4 Å². The predicted octanol–water partition coefficient (Wildman–Crippen LogP) is 4.70. The summed E-state index contributed by atoms with van der Waals surface area (Å²) in [6, 6.07) is 11.1. The molecule has 0 atom stereocenters. The van der Waals surface area contributed by atoms with Crippen molar-refractivity contribution < 1.29 is 14.3 Å². The van der Waals surface area contributed by atoms with Crippen molar-refractivity contribution in [1.82, 2.24) is 19.9 Å². The molecule has 0 saturated heterocycles. The molecule has 0 fully saturated rings. The number of Topliss-reactive ketones (excluding diaryl/α,β-unsaturated/α-hetero) is 1. The molecule has 10 heteroatoms. The van der Waals surface area contributed by atoms with Crippen LogP contribution in [0.5, 0.6) is 5.75 Å². The van der Waals surface area contributed by atoms with Gasteiger partial charge in [-0.25, -0.2) is 9.97 Å². The van der Waals surface area contributed by atoms with Gasteiger partial charge >= 0.3 is 0 Å². The van der Waals surface area contributed by atoms with Crippen LogP contribution in [0, 0.1) is 0 Å². The molecule has 0 aliphatic carbocycles. The van der Waals surface area contributed by atoms with E-state index in [2.05, 4.69) is 37.0 Å². The molecular formula is C29H33N7O3. The van der Waals surface area contributed by atoms with E-state index in [1.165, 1.54) is 6.08 Å². The maximum atomic E-state index is 12.2. The van der Waals surface area contributed by atoms with Gasteiger partial charge in [0.1, 0.15) is 5.75 Å². The van der Waals surface area contributed by atoms with Crippen LogP contribution in [0.1, 0.15) is 17.3 Å². The first kappa shape index (κ1) is 27.3. The number of amides is 1. The Balaban J connectivity index is 1.71. The van der Waals surface area contributed by atoms with Crippen molar-refractivity contribution in [2.45, 2.75) is 6.92 Å². The fraction of sp³-hybridized carbons (Fsp3) is 0.241. The quantitative estimate of drug-likeness (QED) is 0.190. The molecule has 3 N–H and O–H groups in total. The largest absolute Gasteiger partial charge is 0.494 e. The first-order valence-corrected chi connectivity index (χ1v) is 12.4. The average Bonchev–Trinajstić information content (AvgIpc) is 3.36. The van der Waals surface area contributed by atoms with Gasteiger partial charge < -0.3 is 30.2 Å². The number of para-hydroxylation sites is 1. The zero-order valence-corrected chi connectivity index (χ0v) is 22.8. The van der Waals surface area contributed by atoms with Crippen molar-refractivity contribution in [3.63, 3.8) is 0 Å². The lowest BCUT2D eigenvalue weighted by Gasteiger charge is -2.26. The molecule has 2 aromatic heterocycles. The predicted molar refractivity (Wildman–Crippen MR) is 156 cm³/mol. The Labute approximate surface area is 227 Å². The molecule has 0 spiro atoms. The molecule has 0 radical (unpaired) electrons. The van der Waals surface area contributed by atoms with E-state index in [9.17, 15) is 9.59 Å². The number of hydrogen-bond donors (Lipinski definition) is 3. The number of likely N-dealkylation sites (N-methyl/N-ethyl adjacent to an activating group) is 2. The number of carbonyl (C=O) groups excluding carboxylic acids is 2. The smallest absolute Gasteiger partial charge is 0.247 e. The van der Waals surface area contributed by atoms with Crippen LogP contribution in [-0.4, -0.2) is 72.9 Å². The maximum Gasteiger partial charge on any atom is 0.247 e. The van der Waals surface area contributed by atoms with Crippen LogP contribution in [-0.2, 0) is 4.79 Å². The van der Waals surface area contributed by atoms with Crippen molar-refractivity contribution in [2.75, 3.05) is 56.9 Å². The normalized spacial score (nSPS) is 10.9. The molecule has 39 heavy (non-hydrogen) atoms. The second-order valence-corrected chi connectivity index (χ2v) is 9.37. The maximum absolute atomic E-state index is 12.2. The highest BCUT2D eigenvalue weighted by atomic mass is 16.5. The van der Waals surface area contributed by atoms with E-state index in [0.717, 1.165) is 35.2 Å². The van der Waals surface area contributed by atoms with Crippen molar-refractivity contribution in [3.8, 4) is 17.0 Å². The monoisotopic (exact) mass is 527 g/mol. The zero-order valence-electron chi connectivity index (χ0n) is 22.8. The van der Waals surface area contributed by atoms with Gasteiger partial charge in [-0.3, -0.25) is 9.59 Å². The number of H-pyrrole nitrogens is 1. The molecule has 0 saturated carbocycles. The van der Waals surface area contributed by atoms with E-state index in [4.69, 9.17) is 9.72 Å². The van der Waals surface area contributed by atoms with E-state index < -0.39 is 0 Å². The van der Waals surface area contributed by atoms with Gasteiger partial charge in [-0.1, -0.05) is 18.7 Å². The second kappa shape index (κ2) is 11.8. The third-order valence-electron chi connectivity index (χ3n) is 6.33. The van der Waals surface area contributed by atoms with Gasteiger partial charge in [0.15, 0.2) is 5.78 Å². The summed E-state index contributed by atoms with van der Waals surface area (Å²) in [5.74, 6) is 0.570. The number of hydrogen-bond acceptors (Lipinski definition) is 8. The summed E-state index contributed by atoms with van der Waals surface area (Å²) >= 11 is 0. The summed E-state index contributed by atoms with van der Waals surface area (Å²) in [5.41, 5.74) is 4.89. The highest BCUT2D eigenvalue weighted by molar-refractivity contribution is 6.09. The first-order chi connectivity index (χ1) is 18.7. The second-order valence-electron chi connectivity index (χ2n) is 9.37. The Hall–Kier alpha value is -4.70. The SMILES string of the molecule is C=CC(=O)Nc1cc(Nc2nccc(-c3c[nH]c4c(C(C)=O)cccc34)n2)c(OC)cc1N(C)CCN(C)C. The Morgan fingerprint density at radius 1 is 1.13 bits per heavy atom. The van der Waals surface area contributed by atoms with E-state index in [1.807, 2.05) is 51.6 Å². The number of benzene rings is 2. The van der Waals surface area contributed by atoms with E-state index in [0.29, 0.717) is 34.3 Å². The van der Waals surface area contributed by atoms with E-state index in [1.54, 1.807) is 32.4 Å². The van der Waals surface area contributed by atoms with Gasteiger partial charge in [-0.05, 0) is 45.3 Å². The number of aromatic amines is 1. The highest BCUT2D eigenvalue weighted by Gasteiger charge is 2.17. The molecule has 0 aliphatic rings. The van der Waals surface area contributed by atoms with Gasteiger partial charge in [0.2, 0.25) is 11.9 Å². The van der Waals surface area contributed by atoms with E-state index in [-0.39, 0.29) is 11.7 Å². The van der Waals surface area contributed by atoms with Crippen molar-refractivity contribution in [3.05, 3.63) is 67.0 Å². The van der Waals surface area contributed by atoms with E-state index >= 15 is 0 Å². The fourth-order valence-corrected chi connectivity index (χ4v) is 4.25. The molecule has 202 valence electrons.